The van der Waals surface area contributed by atoms with Gasteiger partial charge in [0.05, 0.1) is 28.6 Å². The molecule has 1 aliphatic carbocycles. The minimum absolute atomic E-state index is 0.0497. The quantitative estimate of drug-likeness (QED) is 0.662. The second-order valence-corrected chi connectivity index (χ2v) is 8.03. The van der Waals surface area contributed by atoms with Crippen LogP contribution in [-0.4, -0.2) is 28.2 Å². The second kappa shape index (κ2) is 6.33. The van der Waals surface area contributed by atoms with E-state index in [9.17, 15) is 9.18 Å². The zero-order valence-electron chi connectivity index (χ0n) is 16.0. The lowest BCUT2D eigenvalue weighted by Crippen LogP contribution is -2.25. The van der Waals surface area contributed by atoms with Crippen molar-refractivity contribution in [3.63, 3.8) is 0 Å². The second-order valence-electron chi connectivity index (χ2n) is 8.03. The third-order valence-corrected chi connectivity index (χ3v) is 5.80. The molecule has 2 heterocycles. The number of anilines is 2. The zero-order chi connectivity index (χ0) is 19.4. The van der Waals surface area contributed by atoms with E-state index in [-0.39, 0.29) is 11.9 Å². The SMILES string of the molecule is C[C@@H]1CC(C=O)Nc2c(F)ccc(-c3ccc4c(c3)c(C3CC3)nn4C)c2N1. The number of fused-ring (bicyclic) bond motifs is 2. The van der Waals surface area contributed by atoms with Crippen LogP contribution in [0.2, 0.25) is 0 Å². The van der Waals surface area contributed by atoms with Crippen LogP contribution < -0.4 is 10.6 Å². The largest absolute Gasteiger partial charge is 0.380 e. The van der Waals surface area contributed by atoms with Crippen LogP contribution in [0.25, 0.3) is 22.0 Å². The molecule has 1 saturated carbocycles. The molecule has 0 radical (unpaired) electrons. The number of carbonyl (C=O) groups excluding carboxylic acids is 1. The van der Waals surface area contributed by atoms with E-state index >= 15 is 0 Å². The van der Waals surface area contributed by atoms with Crippen molar-refractivity contribution in [3.8, 4) is 11.1 Å². The molecule has 2 atom stereocenters. The number of carbonyl (C=O) groups is 1. The van der Waals surface area contributed by atoms with E-state index in [0.717, 1.165) is 28.6 Å². The van der Waals surface area contributed by atoms with Gasteiger partial charge >= 0.3 is 0 Å². The van der Waals surface area contributed by atoms with Gasteiger partial charge in [-0.3, -0.25) is 4.68 Å². The van der Waals surface area contributed by atoms with Crippen molar-refractivity contribution in [1.82, 2.24) is 9.78 Å². The summed E-state index contributed by atoms with van der Waals surface area (Å²) in [6.07, 6.45) is 3.84. The summed E-state index contributed by atoms with van der Waals surface area (Å²) in [5.74, 6) is 0.200. The fraction of sp³-hybridized carbons (Fsp3) is 0.364. The first kappa shape index (κ1) is 17.2. The molecule has 2 aliphatic rings. The van der Waals surface area contributed by atoms with E-state index in [1.165, 1.54) is 24.3 Å². The van der Waals surface area contributed by atoms with Crippen molar-refractivity contribution in [2.75, 3.05) is 10.6 Å². The number of aryl methyl sites for hydroxylation is 1. The van der Waals surface area contributed by atoms with Gasteiger partial charge in [-0.1, -0.05) is 6.07 Å². The highest BCUT2D eigenvalue weighted by atomic mass is 19.1. The molecule has 0 amide bonds. The summed E-state index contributed by atoms with van der Waals surface area (Å²) in [4.78, 5) is 11.4. The third-order valence-electron chi connectivity index (χ3n) is 5.80. The van der Waals surface area contributed by atoms with Gasteiger partial charge in [0.25, 0.3) is 0 Å². The lowest BCUT2D eigenvalue weighted by atomic mass is 9.99. The maximum Gasteiger partial charge on any atom is 0.148 e. The Morgan fingerprint density at radius 2 is 2.00 bits per heavy atom. The fourth-order valence-electron chi connectivity index (χ4n) is 4.25. The Bertz CT molecular complexity index is 1090. The molecule has 1 aromatic heterocycles. The Morgan fingerprint density at radius 3 is 2.75 bits per heavy atom. The Labute approximate surface area is 162 Å². The number of hydrogen-bond donors (Lipinski definition) is 2. The Balaban J connectivity index is 1.68. The van der Waals surface area contributed by atoms with Crippen LogP contribution >= 0.6 is 0 Å². The molecule has 1 fully saturated rings. The molecule has 0 spiro atoms. The van der Waals surface area contributed by atoms with E-state index in [1.54, 1.807) is 0 Å². The molecule has 0 bridgehead atoms. The normalized spacial score (nSPS) is 21.5. The fourth-order valence-corrected chi connectivity index (χ4v) is 4.25. The average molecular weight is 378 g/mol. The number of aldehydes is 1. The molecule has 5 rings (SSSR count). The van der Waals surface area contributed by atoms with Crippen LogP contribution in [0.15, 0.2) is 30.3 Å². The number of rotatable bonds is 3. The van der Waals surface area contributed by atoms with Gasteiger partial charge in [-0.15, -0.1) is 0 Å². The molecule has 6 heteroatoms. The predicted octanol–water partition coefficient (Wildman–Crippen LogP) is 4.44. The van der Waals surface area contributed by atoms with Crippen LogP contribution in [0.4, 0.5) is 15.8 Å². The van der Waals surface area contributed by atoms with Gasteiger partial charge in [-0.2, -0.15) is 5.10 Å². The van der Waals surface area contributed by atoms with Gasteiger partial charge < -0.3 is 15.4 Å². The summed E-state index contributed by atoms with van der Waals surface area (Å²) in [5, 5.41) is 12.4. The monoisotopic (exact) mass is 378 g/mol. The molecule has 28 heavy (non-hydrogen) atoms. The molecule has 1 unspecified atom stereocenters. The highest BCUT2D eigenvalue weighted by molar-refractivity contribution is 5.94. The highest BCUT2D eigenvalue weighted by Crippen LogP contribution is 2.44. The molecular weight excluding hydrogens is 355 g/mol. The molecule has 0 saturated heterocycles. The maximum absolute atomic E-state index is 14.6. The Hall–Kier alpha value is -2.89. The van der Waals surface area contributed by atoms with Gasteiger partial charge in [-0.25, -0.2) is 4.39 Å². The molecule has 3 aromatic rings. The minimum atomic E-state index is -0.407. The van der Waals surface area contributed by atoms with Crippen molar-refractivity contribution >= 4 is 28.6 Å². The summed E-state index contributed by atoms with van der Waals surface area (Å²) in [6, 6.07) is 9.23. The lowest BCUT2D eigenvalue weighted by Gasteiger charge is -2.18. The average Bonchev–Trinajstić information content (AvgIpc) is 3.49. The first-order valence-electron chi connectivity index (χ1n) is 9.83. The molecule has 1 aliphatic heterocycles. The number of hydrogen-bond acceptors (Lipinski definition) is 4. The van der Waals surface area contributed by atoms with Crippen LogP contribution in [0, 0.1) is 5.82 Å². The first-order chi connectivity index (χ1) is 13.5. The van der Waals surface area contributed by atoms with Gasteiger partial charge in [0.15, 0.2) is 0 Å². The Kier molecular flexibility index (Phi) is 3.89. The van der Waals surface area contributed by atoms with Gasteiger partial charge in [-0.05, 0) is 56.0 Å². The van der Waals surface area contributed by atoms with Crippen LogP contribution in [0.1, 0.15) is 37.8 Å². The van der Waals surface area contributed by atoms with Crippen LogP contribution in [-0.2, 0) is 11.8 Å². The molecule has 5 nitrogen and oxygen atoms in total. The number of benzene rings is 2. The zero-order valence-corrected chi connectivity index (χ0v) is 16.0. The Morgan fingerprint density at radius 1 is 1.18 bits per heavy atom. The van der Waals surface area contributed by atoms with E-state index < -0.39 is 6.04 Å². The number of halogens is 1. The van der Waals surface area contributed by atoms with E-state index in [1.807, 2.05) is 24.7 Å². The summed E-state index contributed by atoms with van der Waals surface area (Å²) in [6.45, 7) is 2.01. The molecule has 2 aromatic carbocycles. The first-order valence-corrected chi connectivity index (χ1v) is 9.83. The van der Waals surface area contributed by atoms with Gasteiger partial charge in [0.2, 0.25) is 0 Å². The summed E-state index contributed by atoms with van der Waals surface area (Å²) in [7, 11) is 1.98. The number of nitrogens with one attached hydrogen (secondary N) is 2. The number of nitrogens with zero attached hydrogens (tertiary/aromatic N) is 2. The van der Waals surface area contributed by atoms with Gasteiger partial charge in [0, 0.05) is 30.0 Å². The predicted molar refractivity (Wildman–Crippen MR) is 109 cm³/mol. The maximum atomic E-state index is 14.6. The number of aromatic nitrogens is 2. The third kappa shape index (κ3) is 2.75. The van der Waals surface area contributed by atoms with E-state index in [0.29, 0.717) is 23.7 Å². The van der Waals surface area contributed by atoms with Crippen molar-refractivity contribution < 1.29 is 9.18 Å². The summed E-state index contributed by atoms with van der Waals surface area (Å²) in [5.41, 5.74) is 5.30. The van der Waals surface area contributed by atoms with Crippen molar-refractivity contribution in [3.05, 3.63) is 41.8 Å². The van der Waals surface area contributed by atoms with Crippen molar-refractivity contribution in [2.24, 2.45) is 7.05 Å². The van der Waals surface area contributed by atoms with Crippen LogP contribution in [0.5, 0.6) is 0 Å². The molecule has 144 valence electrons. The van der Waals surface area contributed by atoms with Crippen molar-refractivity contribution in [2.45, 2.75) is 44.2 Å². The molecular formula is C22H23FN4O. The standard InChI is InChI=1S/C22H23FN4O/c1-12-9-15(11-28)25-22-18(23)7-6-16(21(22)24-12)14-5-8-19-17(10-14)20(13-3-4-13)26-27(19)2/h5-8,10-13,15,24-25H,3-4,9H2,1-2H3/t12-,15?/m1/s1. The molecule has 2 N–H and O–H groups in total. The minimum Gasteiger partial charge on any atom is -0.380 e. The van der Waals surface area contributed by atoms with E-state index in [4.69, 9.17) is 5.10 Å². The van der Waals surface area contributed by atoms with Gasteiger partial charge in [0.1, 0.15) is 12.1 Å². The lowest BCUT2D eigenvalue weighted by molar-refractivity contribution is -0.108. The van der Waals surface area contributed by atoms with Crippen LogP contribution in [0.3, 0.4) is 0 Å². The van der Waals surface area contributed by atoms with E-state index in [2.05, 4.69) is 28.8 Å². The smallest absolute Gasteiger partial charge is 0.148 e. The summed E-state index contributed by atoms with van der Waals surface area (Å²) >= 11 is 0. The summed E-state index contributed by atoms with van der Waals surface area (Å²) < 4.78 is 16.5. The van der Waals surface area contributed by atoms with Crippen molar-refractivity contribution in [1.29, 1.82) is 0 Å². The topological polar surface area (TPSA) is 59.0 Å². The highest BCUT2D eigenvalue weighted by Gasteiger charge is 2.29.